The fraction of sp³-hybridized carbons (Fsp3) is 0.400. The normalized spacial score (nSPS) is 28.4. The van der Waals surface area contributed by atoms with Gasteiger partial charge in [-0.3, -0.25) is 4.98 Å². The monoisotopic (exact) mass is 242 g/mol. The van der Waals surface area contributed by atoms with Crippen LogP contribution in [0.5, 0.6) is 0 Å². The van der Waals surface area contributed by atoms with Crippen molar-refractivity contribution < 1.29 is 5.11 Å². The van der Waals surface area contributed by atoms with E-state index < -0.39 is 5.60 Å². The van der Waals surface area contributed by atoms with Gasteiger partial charge in [-0.25, -0.2) is 0 Å². The fourth-order valence-electron chi connectivity index (χ4n) is 2.78. The summed E-state index contributed by atoms with van der Waals surface area (Å²) in [7, 11) is 0. The molecule has 3 heteroatoms. The summed E-state index contributed by atoms with van der Waals surface area (Å²) < 4.78 is 0. The van der Waals surface area contributed by atoms with Crippen LogP contribution in [-0.2, 0) is 5.60 Å². The zero-order valence-electron chi connectivity index (χ0n) is 10.6. The predicted octanol–water partition coefficient (Wildman–Crippen LogP) is 2.05. The molecule has 1 aromatic heterocycles. The maximum atomic E-state index is 10.9. The van der Waals surface area contributed by atoms with Gasteiger partial charge in [0, 0.05) is 24.0 Å². The molecule has 1 fully saturated rings. The van der Waals surface area contributed by atoms with Gasteiger partial charge in [-0.15, -0.1) is 0 Å². The number of rotatable bonds is 1. The molecule has 3 rings (SSSR count). The van der Waals surface area contributed by atoms with Crippen molar-refractivity contribution in [2.45, 2.75) is 18.9 Å². The molecule has 0 aliphatic carbocycles. The number of nitrogens with zero attached hydrogens (tertiary/aromatic N) is 1. The number of piperidine rings is 1. The van der Waals surface area contributed by atoms with Crippen molar-refractivity contribution in [2.75, 3.05) is 13.1 Å². The predicted molar refractivity (Wildman–Crippen MR) is 72.3 cm³/mol. The first-order valence-corrected chi connectivity index (χ1v) is 6.48. The lowest BCUT2D eigenvalue weighted by atomic mass is 9.77. The summed E-state index contributed by atoms with van der Waals surface area (Å²) in [6, 6.07) is 10.1. The Morgan fingerprint density at radius 2 is 2.28 bits per heavy atom. The molecular formula is C15H18N2O. The highest BCUT2D eigenvalue weighted by Gasteiger charge is 2.37. The number of aromatic nitrogens is 1. The van der Waals surface area contributed by atoms with Gasteiger partial charge in [-0.05, 0) is 30.7 Å². The van der Waals surface area contributed by atoms with Gasteiger partial charge in [0.2, 0.25) is 0 Å². The van der Waals surface area contributed by atoms with Gasteiger partial charge >= 0.3 is 0 Å². The molecule has 0 spiro atoms. The molecule has 1 saturated heterocycles. The minimum Gasteiger partial charge on any atom is -0.385 e. The van der Waals surface area contributed by atoms with Gasteiger partial charge in [-0.2, -0.15) is 0 Å². The molecule has 1 aliphatic rings. The van der Waals surface area contributed by atoms with Gasteiger partial charge in [0.25, 0.3) is 0 Å². The lowest BCUT2D eigenvalue weighted by molar-refractivity contribution is -0.0391. The Kier molecular flexibility index (Phi) is 2.80. The van der Waals surface area contributed by atoms with Crippen molar-refractivity contribution in [1.29, 1.82) is 0 Å². The maximum absolute atomic E-state index is 10.9. The molecule has 18 heavy (non-hydrogen) atoms. The van der Waals surface area contributed by atoms with Crippen LogP contribution >= 0.6 is 0 Å². The molecule has 2 atom stereocenters. The second-order valence-electron chi connectivity index (χ2n) is 5.19. The van der Waals surface area contributed by atoms with Crippen molar-refractivity contribution in [3.8, 4) is 0 Å². The molecule has 1 aliphatic heterocycles. The first-order valence-electron chi connectivity index (χ1n) is 6.48. The number of hydrogen-bond acceptors (Lipinski definition) is 3. The molecule has 0 radical (unpaired) electrons. The third-order valence-corrected chi connectivity index (χ3v) is 4.05. The van der Waals surface area contributed by atoms with Gasteiger partial charge < -0.3 is 10.4 Å². The second kappa shape index (κ2) is 4.34. The summed E-state index contributed by atoms with van der Waals surface area (Å²) in [5.41, 5.74) is 1.22. The standard InChI is InChI=1S/C15H18N2O/c1-11-10-16-8-6-15(11,18)13-5-4-12-3-2-7-17-14(12)9-13/h2-5,7,9,11,16,18H,6,8,10H2,1H3. The second-order valence-corrected chi connectivity index (χ2v) is 5.19. The van der Waals surface area contributed by atoms with Crippen LogP contribution in [0.4, 0.5) is 0 Å². The van der Waals surface area contributed by atoms with Crippen LogP contribution in [0.3, 0.4) is 0 Å². The molecule has 0 amide bonds. The van der Waals surface area contributed by atoms with Crippen LogP contribution in [-0.4, -0.2) is 23.2 Å². The molecule has 2 unspecified atom stereocenters. The van der Waals surface area contributed by atoms with Gasteiger partial charge in [-0.1, -0.05) is 25.1 Å². The summed E-state index contributed by atoms with van der Waals surface area (Å²) in [6.07, 6.45) is 2.55. The first kappa shape index (κ1) is 11.6. The van der Waals surface area contributed by atoms with Crippen LogP contribution in [0.2, 0.25) is 0 Å². The molecule has 1 aromatic carbocycles. The van der Waals surface area contributed by atoms with Gasteiger partial charge in [0.1, 0.15) is 0 Å². The summed E-state index contributed by atoms with van der Waals surface area (Å²) in [5.74, 6) is 0.215. The van der Waals surface area contributed by atoms with E-state index in [1.165, 1.54) is 0 Å². The van der Waals surface area contributed by atoms with E-state index in [-0.39, 0.29) is 5.92 Å². The highest BCUT2D eigenvalue weighted by molar-refractivity contribution is 5.79. The van der Waals surface area contributed by atoms with Crippen LogP contribution in [0.15, 0.2) is 36.5 Å². The summed E-state index contributed by atoms with van der Waals surface area (Å²) >= 11 is 0. The average Bonchev–Trinajstić information content (AvgIpc) is 2.42. The summed E-state index contributed by atoms with van der Waals surface area (Å²) in [6.45, 7) is 3.81. The minimum absolute atomic E-state index is 0.215. The van der Waals surface area contributed by atoms with Gasteiger partial charge in [0.05, 0.1) is 11.1 Å². The van der Waals surface area contributed by atoms with Crippen LogP contribution < -0.4 is 5.32 Å². The van der Waals surface area contributed by atoms with Crippen LogP contribution in [0, 0.1) is 5.92 Å². The number of aliphatic hydroxyl groups is 1. The zero-order chi connectivity index (χ0) is 12.6. The lowest BCUT2D eigenvalue weighted by Gasteiger charge is -2.39. The summed E-state index contributed by atoms with van der Waals surface area (Å²) in [5, 5.41) is 15.3. The van der Waals surface area contributed by atoms with Crippen molar-refractivity contribution in [2.24, 2.45) is 5.92 Å². The van der Waals surface area contributed by atoms with E-state index in [1.54, 1.807) is 6.20 Å². The Labute approximate surface area is 107 Å². The fourth-order valence-corrected chi connectivity index (χ4v) is 2.78. The molecule has 2 heterocycles. The average molecular weight is 242 g/mol. The number of hydrogen-bond donors (Lipinski definition) is 2. The highest BCUT2D eigenvalue weighted by atomic mass is 16.3. The molecule has 0 bridgehead atoms. The minimum atomic E-state index is -0.725. The van der Waals surface area contributed by atoms with Gasteiger partial charge in [0.15, 0.2) is 0 Å². The van der Waals surface area contributed by atoms with E-state index in [0.717, 1.165) is 36.0 Å². The van der Waals surface area contributed by atoms with E-state index in [2.05, 4.69) is 17.2 Å². The zero-order valence-corrected chi connectivity index (χ0v) is 10.6. The Morgan fingerprint density at radius 1 is 1.39 bits per heavy atom. The Hall–Kier alpha value is -1.45. The van der Waals surface area contributed by atoms with Crippen molar-refractivity contribution in [3.05, 3.63) is 42.1 Å². The largest absolute Gasteiger partial charge is 0.385 e. The number of benzene rings is 1. The van der Waals surface area contributed by atoms with E-state index in [0.29, 0.717) is 0 Å². The third kappa shape index (κ3) is 1.80. The van der Waals surface area contributed by atoms with Crippen molar-refractivity contribution in [1.82, 2.24) is 10.3 Å². The van der Waals surface area contributed by atoms with Crippen LogP contribution in [0.1, 0.15) is 18.9 Å². The van der Waals surface area contributed by atoms with E-state index in [9.17, 15) is 5.11 Å². The quantitative estimate of drug-likeness (QED) is 0.804. The molecular weight excluding hydrogens is 224 g/mol. The molecule has 0 saturated carbocycles. The van der Waals surface area contributed by atoms with Crippen LogP contribution in [0.25, 0.3) is 10.9 Å². The molecule has 3 nitrogen and oxygen atoms in total. The SMILES string of the molecule is CC1CNCCC1(O)c1ccc2cccnc2c1. The lowest BCUT2D eigenvalue weighted by Crippen LogP contribution is -2.46. The Balaban J connectivity index is 2.07. The van der Waals surface area contributed by atoms with E-state index in [1.807, 2.05) is 30.3 Å². The molecule has 2 aromatic rings. The number of pyridine rings is 1. The third-order valence-electron chi connectivity index (χ3n) is 4.05. The maximum Gasteiger partial charge on any atom is 0.0946 e. The highest BCUT2D eigenvalue weighted by Crippen LogP contribution is 2.35. The molecule has 94 valence electrons. The Bertz CT molecular complexity index is 569. The smallest absolute Gasteiger partial charge is 0.0946 e. The number of nitrogens with one attached hydrogen (secondary N) is 1. The molecule has 2 N–H and O–H groups in total. The van der Waals surface area contributed by atoms with Crippen molar-refractivity contribution in [3.63, 3.8) is 0 Å². The first-order chi connectivity index (χ1) is 8.70. The summed E-state index contributed by atoms with van der Waals surface area (Å²) in [4.78, 5) is 4.37. The van der Waals surface area contributed by atoms with Crippen molar-refractivity contribution >= 4 is 10.9 Å². The van der Waals surface area contributed by atoms with E-state index in [4.69, 9.17) is 0 Å². The number of fused-ring (bicyclic) bond motifs is 1. The Morgan fingerprint density at radius 3 is 3.11 bits per heavy atom. The van der Waals surface area contributed by atoms with E-state index >= 15 is 0 Å². The topological polar surface area (TPSA) is 45.1 Å².